The second kappa shape index (κ2) is 10.9. The highest BCUT2D eigenvalue weighted by Gasteiger charge is 2.12. The zero-order valence-corrected chi connectivity index (χ0v) is 20.0. The van der Waals surface area contributed by atoms with Crippen molar-refractivity contribution in [3.05, 3.63) is 89.2 Å². The van der Waals surface area contributed by atoms with Crippen LogP contribution in [0.15, 0.2) is 66.7 Å². The summed E-state index contributed by atoms with van der Waals surface area (Å²) >= 11 is 0. The number of carbonyl (C=O) groups is 1. The van der Waals surface area contributed by atoms with E-state index in [0.717, 1.165) is 53.3 Å². The summed E-state index contributed by atoms with van der Waals surface area (Å²) in [5.41, 5.74) is 4.95. The SMILES string of the molecule is COc1ccc(C(=O)NCc2nc3ccccc3n2CCCCOc2cc(C)ccc2C)cc1. The lowest BCUT2D eigenvalue weighted by Gasteiger charge is -2.12. The first kappa shape index (κ1) is 23.4. The van der Waals surface area contributed by atoms with Gasteiger partial charge in [-0.2, -0.15) is 0 Å². The summed E-state index contributed by atoms with van der Waals surface area (Å²) in [7, 11) is 1.61. The molecule has 4 aromatic rings. The van der Waals surface area contributed by atoms with Crippen molar-refractivity contribution in [2.45, 2.75) is 39.8 Å². The van der Waals surface area contributed by atoms with Crippen LogP contribution in [-0.2, 0) is 13.1 Å². The Balaban J connectivity index is 1.37. The molecule has 0 fully saturated rings. The third-order valence-electron chi connectivity index (χ3n) is 5.87. The number of unbranched alkanes of at least 4 members (excludes halogenated alkanes) is 1. The number of hydrogen-bond donors (Lipinski definition) is 1. The van der Waals surface area contributed by atoms with Crippen molar-refractivity contribution >= 4 is 16.9 Å². The van der Waals surface area contributed by atoms with Crippen molar-refractivity contribution < 1.29 is 14.3 Å². The number of aromatic nitrogens is 2. The molecule has 0 saturated carbocycles. The number of hydrogen-bond acceptors (Lipinski definition) is 4. The Kier molecular flexibility index (Phi) is 7.48. The molecule has 0 spiro atoms. The van der Waals surface area contributed by atoms with Crippen molar-refractivity contribution in [2.75, 3.05) is 13.7 Å². The molecule has 0 saturated heterocycles. The molecule has 6 heteroatoms. The van der Waals surface area contributed by atoms with Crippen LogP contribution in [0.2, 0.25) is 0 Å². The molecule has 0 aliphatic heterocycles. The van der Waals surface area contributed by atoms with Gasteiger partial charge in [-0.05, 0) is 80.3 Å². The number of fused-ring (bicyclic) bond motifs is 1. The van der Waals surface area contributed by atoms with Gasteiger partial charge in [-0.1, -0.05) is 24.3 Å². The quantitative estimate of drug-likeness (QED) is 0.322. The second-order valence-corrected chi connectivity index (χ2v) is 8.40. The molecule has 0 atom stereocenters. The Labute approximate surface area is 200 Å². The first-order valence-corrected chi connectivity index (χ1v) is 11.6. The molecule has 0 radical (unpaired) electrons. The van der Waals surface area contributed by atoms with E-state index in [1.54, 1.807) is 31.4 Å². The van der Waals surface area contributed by atoms with Gasteiger partial charge in [0, 0.05) is 12.1 Å². The molecule has 0 bridgehead atoms. The van der Waals surface area contributed by atoms with Gasteiger partial charge >= 0.3 is 0 Å². The van der Waals surface area contributed by atoms with Gasteiger partial charge in [0.25, 0.3) is 5.91 Å². The number of rotatable bonds is 10. The minimum absolute atomic E-state index is 0.136. The molecule has 3 aromatic carbocycles. The molecular weight excluding hydrogens is 426 g/mol. The average Bonchev–Trinajstić information content (AvgIpc) is 3.21. The number of ether oxygens (including phenoxy) is 2. The fraction of sp³-hybridized carbons (Fsp3) is 0.286. The molecular formula is C28H31N3O3. The van der Waals surface area contributed by atoms with Gasteiger partial charge in [0.15, 0.2) is 0 Å². The van der Waals surface area contributed by atoms with E-state index in [0.29, 0.717) is 18.7 Å². The van der Waals surface area contributed by atoms with E-state index >= 15 is 0 Å². The summed E-state index contributed by atoms with van der Waals surface area (Å²) in [6, 6.07) is 21.4. The molecule has 1 amide bonds. The molecule has 0 aliphatic rings. The van der Waals surface area contributed by atoms with Crippen LogP contribution >= 0.6 is 0 Å². The lowest BCUT2D eigenvalue weighted by molar-refractivity contribution is 0.0949. The van der Waals surface area contributed by atoms with Crippen molar-refractivity contribution in [1.29, 1.82) is 0 Å². The Morgan fingerprint density at radius 2 is 1.79 bits per heavy atom. The molecule has 0 aliphatic carbocycles. The van der Waals surface area contributed by atoms with E-state index in [-0.39, 0.29) is 5.91 Å². The van der Waals surface area contributed by atoms with Gasteiger partial charge < -0.3 is 19.4 Å². The summed E-state index contributed by atoms with van der Waals surface area (Å²) in [5.74, 6) is 2.39. The normalized spacial score (nSPS) is 10.9. The molecule has 1 heterocycles. The number of carbonyl (C=O) groups excluding carboxylic acids is 1. The van der Waals surface area contributed by atoms with E-state index in [1.165, 1.54) is 5.56 Å². The summed E-state index contributed by atoms with van der Waals surface area (Å²) in [4.78, 5) is 17.4. The van der Waals surface area contributed by atoms with Crippen LogP contribution in [-0.4, -0.2) is 29.2 Å². The molecule has 0 unspecified atom stereocenters. The van der Waals surface area contributed by atoms with Gasteiger partial charge in [-0.3, -0.25) is 4.79 Å². The Hall–Kier alpha value is -3.80. The van der Waals surface area contributed by atoms with Crippen LogP contribution in [0.4, 0.5) is 0 Å². The molecule has 1 aromatic heterocycles. The van der Waals surface area contributed by atoms with Crippen LogP contribution in [0.3, 0.4) is 0 Å². The van der Waals surface area contributed by atoms with E-state index < -0.39 is 0 Å². The second-order valence-electron chi connectivity index (χ2n) is 8.40. The van der Waals surface area contributed by atoms with E-state index in [1.807, 2.05) is 18.2 Å². The zero-order chi connectivity index (χ0) is 23.9. The number of para-hydroxylation sites is 2. The number of benzene rings is 3. The van der Waals surface area contributed by atoms with Crippen molar-refractivity contribution in [3.8, 4) is 11.5 Å². The minimum atomic E-state index is -0.136. The van der Waals surface area contributed by atoms with Gasteiger partial charge in [-0.15, -0.1) is 0 Å². The van der Waals surface area contributed by atoms with E-state index in [9.17, 15) is 4.79 Å². The van der Waals surface area contributed by atoms with E-state index in [4.69, 9.17) is 14.5 Å². The smallest absolute Gasteiger partial charge is 0.251 e. The maximum Gasteiger partial charge on any atom is 0.251 e. The highest BCUT2D eigenvalue weighted by atomic mass is 16.5. The number of aryl methyl sites for hydroxylation is 3. The Morgan fingerprint density at radius 1 is 1.00 bits per heavy atom. The highest BCUT2D eigenvalue weighted by molar-refractivity contribution is 5.94. The maximum atomic E-state index is 12.6. The van der Waals surface area contributed by atoms with Crippen molar-refractivity contribution in [1.82, 2.24) is 14.9 Å². The largest absolute Gasteiger partial charge is 0.497 e. The first-order chi connectivity index (χ1) is 16.5. The number of nitrogens with zero attached hydrogens (tertiary/aromatic N) is 2. The van der Waals surface area contributed by atoms with Gasteiger partial charge in [0.2, 0.25) is 0 Å². The summed E-state index contributed by atoms with van der Waals surface area (Å²) in [5, 5.41) is 3.00. The molecule has 4 rings (SSSR count). The predicted octanol–water partition coefficient (Wildman–Crippen LogP) is 5.45. The minimum Gasteiger partial charge on any atom is -0.497 e. The third-order valence-corrected chi connectivity index (χ3v) is 5.87. The fourth-order valence-electron chi connectivity index (χ4n) is 3.93. The third kappa shape index (κ3) is 5.57. The lowest BCUT2D eigenvalue weighted by Crippen LogP contribution is -2.24. The van der Waals surface area contributed by atoms with E-state index in [2.05, 4.69) is 48.0 Å². The van der Waals surface area contributed by atoms with Gasteiger partial charge in [0.05, 0.1) is 31.3 Å². The summed E-state index contributed by atoms with van der Waals surface area (Å²) in [6.45, 7) is 5.98. The van der Waals surface area contributed by atoms with Gasteiger partial charge in [0.1, 0.15) is 17.3 Å². The molecule has 34 heavy (non-hydrogen) atoms. The van der Waals surface area contributed by atoms with Crippen LogP contribution in [0.25, 0.3) is 11.0 Å². The lowest BCUT2D eigenvalue weighted by atomic mass is 10.1. The molecule has 1 N–H and O–H groups in total. The first-order valence-electron chi connectivity index (χ1n) is 11.6. The van der Waals surface area contributed by atoms with Crippen LogP contribution in [0.5, 0.6) is 11.5 Å². The van der Waals surface area contributed by atoms with Gasteiger partial charge in [-0.25, -0.2) is 4.98 Å². The van der Waals surface area contributed by atoms with Crippen LogP contribution in [0.1, 0.15) is 40.2 Å². The Bertz CT molecular complexity index is 1260. The Morgan fingerprint density at radius 3 is 2.59 bits per heavy atom. The number of nitrogens with one attached hydrogen (secondary N) is 1. The topological polar surface area (TPSA) is 65.4 Å². The van der Waals surface area contributed by atoms with Crippen molar-refractivity contribution in [2.24, 2.45) is 0 Å². The number of imidazole rings is 1. The predicted molar refractivity (Wildman–Crippen MR) is 135 cm³/mol. The zero-order valence-electron chi connectivity index (χ0n) is 20.0. The highest BCUT2D eigenvalue weighted by Crippen LogP contribution is 2.20. The van der Waals surface area contributed by atoms with Crippen molar-refractivity contribution in [3.63, 3.8) is 0 Å². The monoisotopic (exact) mass is 457 g/mol. The number of methoxy groups -OCH3 is 1. The maximum absolute atomic E-state index is 12.6. The van der Waals surface area contributed by atoms with Crippen LogP contribution in [0, 0.1) is 13.8 Å². The summed E-state index contributed by atoms with van der Waals surface area (Å²) in [6.07, 6.45) is 1.88. The summed E-state index contributed by atoms with van der Waals surface area (Å²) < 4.78 is 13.4. The molecule has 6 nitrogen and oxygen atoms in total. The standard InChI is InChI=1S/C28H31N3O3/c1-20-10-11-21(2)26(18-20)34-17-7-6-16-31-25-9-5-4-8-24(25)30-27(31)19-29-28(32)22-12-14-23(33-3)15-13-22/h4-5,8-15,18H,6-7,16-17,19H2,1-3H3,(H,29,32). The average molecular weight is 458 g/mol. The number of amides is 1. The fourth-order valence-corrected chi connectivity index (χ4v) is 3.93. The molecule has 176 valence electrons. The van der Waals surface area contributed by atoms with Crippen LogP contribution < -0.4 is 14.8 Å².